The third-order valence-electron chi connectivity index (χ3n) is 2.25. The molecule has 0 radical (unpaired) electrons. The van der Waals surface area contributed by atoms with Gasteiger partial charge in [-0.25, -0.2) is 0 Å². The Morgan fingerprint density at radius 2 is 1.88 bits per heavy atom. The third-order valence-corrected chi connectivity index (χ3v) is 4.47. The minimum absolute atomic E-state index is 0.205. The summed E-state index contributed by atoms with van der Waals surface area (Å²) in [5.74, 6) is 0. The van der Waals surface area contributed by atoms with E-state index in [9.17, 15) is 0 Å². The molecule has 1 atom stereocenters. The summed E-state index contributed by atoms with van der Waals surface area (Å²) >= 11 is 20.0. The number of alkyl halides is 1. The van der Waals surface area contributed by atoms with Crippen LogP contribution in [0.15, 0.2) is 30.3 Å². The predicted molar refractivity (Wildman–Crippen MR) is 73.2 cm³/mol. The molecule has 16 heavy (non-hydrogen) atoms. The van der Waals surface area contributed by atoms with E-state index in [2.05, 4.69) is 13.0 Å². The Kier molecular flexibility index (Phi) is 3.81. The van der Waals surface area contributed by atoms with E-state index in [1.165, 1.54) is 4.88 Å². The van der Waals surface area contributed by atoms with Crippen molar-refractivity contribution in [2.24, 2.45) is 0 Å². The van der Waals surface area contributed by atoms with Crippen LogP contribution >= 0.6 is 46.1 Å². The number of benzene rings is 1. The van der Waals surface area contributed by atoms with Gasteiger partial charge in [0.2, 0.25) is 0 Å². The highest BCUT2D eigenvalue weighted by atomic mass is 35.5. The Hall–Kier alpha value is -0.210. The van der Waals surface area contributed by atoms with E-state index in [4.69, 9.17) is 34.8 Å². The highest BCUT2D eigenvalue weighted by Crippen LogP contribution is 2.37. The quantitative estimate of drug-likeness (QED) is 0.623. The molecule has 2 aromatic rings. The summed E-state index contributed by atoms with van der Waals surface area (Å²) in [6.45, 7) is 2.06. The Morgan fingerprint density at radius 3 is 2.44 bits per heavy atom. The molecule has 1 aromatic carbocycles. The Balaban J connectivity index is 2.37. The molecule has 0 saturated heterocycles. The molecule has 4 heteroatoms. The van der Waals surface area contributed by atoms with Gasteiger partial charge in [-0.15, -0.1) is 22.9 Å². The summed E-state index contributed by atoms with van der Waals surface area (Å²) < 4.78 is 0. The lowest BCUT2D eigenvalue weighted by atomic mass is 10.1. The molecule has 84 valence electrons. The summed E-state index contributed by atoms with van der Waals surface area (Å²) in [5.41, 5.74) is 0.898. The first-order chi connectivity index (χ1) is 7.58. The second-order valence-electron chi connectivity index (χ2n) is 3.48. The van der Waals surface area contributed by atoms with Crippen LogP contribution in [-0.2, 0) is 0 Å². The number of hydrogen-bond donors (Lipinski definition) is 0. The molecule has 0 aliphatic rings. The molecule has 0 aliphatic carbocycles. The lowest BCUT2D eigenvalue weighted by Crippen LogP contribution is -1.91. The zero-order chi connectivity index (χ0) is 11.7. The predicted octanol–water partition coefficient (Wildman–Crippen LogP) is 5.69. The van der Waals surface area contributed by atoms with E-state index in [1.807, 2.05) is 12.1 Å². The van der Waals surface area contributed by atoms with Crippen molar-refractivity contribution in [1.29, 1.82) is 0 Å². The zero-order valence-corrected chi connectivity index (χ0v) is 11.6. The smallest absolute Gasteiger partial charge is 0.0942 e. The highest BCUT2D eigenvalue weighted by molar-refractivity contribution is 7.12. The molecule has 0 N–H and O–H groups in total. The SMILES string of the molecule is Cc1ccc(C(Cl)c2ccc(Cl)cc2Cl)s1. The Bertz CT molecular complexity index is 505. The molecule has 0 saturated carbocycles. The van der Waals surface area contributed by atoms with Crippen molar-refractivity contribution in [3.63, 3.8) is 0 Å². The van der Waals surface area contributed by atoms with Gasteiger partial charge in [0.15, 0.2) is 0 Å². The van der Waals surface area contributed by atoms with E-state index in [0.29, 0.717) is 10.0 Å². The summed E-state index contributed by atoms with van der Waals surface area (Å²) in [7, 11) is 0. The molecule has 1 heterocycles. The highest BCUT2D eigenvalue weighted by Gasteiger charge is 2.15. The molecule has 1 aromatic heterocycles. The lowest BCUT2D eigenvalue weighted by molar-refractivity contribution is 1.18. The van der Waals surface area contributed by atoms with E-state index < -0.39 is 0 Å². The van der Waals surface area contributed by atoms with Crippen LogP contribution in [0, 0.1) is 6.92 Å². The standard InChI is InChI=1S/C12H9Cl3S/c1-7-2-5-11(16-7)12(15)9-4-3-8(13)6-10(9)14/h2-6,12H,1H3. The van der Waals surface area contributed by atoms with Gasteiger partial charge < -0.3 is 0 Å². The van der Waals surface area contributed by atoms with Crippen molar-refractivity contribution in [3.8, 4) is 0 Å². The monoisotopic (exact) mass is 290 g/mol. The fourth-order valence-electron chi connectivity index (χ4n) is 1.45. The van der Waals surface area contributed by atoms with Gasteiger partial charge in [-0.1, -0.05) is 29.3 Å². The molecule has 0 fully saturated rings. The summed E-state index contributed by atoms with van der Waals surface area (Å²) in [5, 5.41) is 1.03. The second kappa shape index (κ2) is 4.97. The van der Waals surface area contributed by atoms with Gasteiger partial charge in [0.1, 0.15) is 0 Å². The maximum atomic E-state index is 6.39. The minimum Gasteiger partial charge on any atom is -0.144 e. The number of halogens is 3. The average molecular weight is 292 g/mol. The first-order valence-electron chi connectivity index (χ1n) is 4.73. The lowest BCUT2D eigenvalue weighted by Gasteiger charge is -2.10. The molecule has 0 bridgehead atoms. The van der Waals surface area contributed by atoms with Crippen molar-refractivity contribution in [2.75, 3.05) is 0 Å². The van der Waals surface area contributed by atoms with Crippen LogP contribution in [0.3, 0.4) is 0 Å². The van der Waals surface area contributed by atoms with E-state index >= 15 is 0 Å². The van der Waals surface area contributed by atoms with Crippen molar-refractivity contribution in [3.05, 3.63) is 55.7 Å². The van der Waals surface area contributed by atoms with Crippen LogP contribution in [0.4, 0.5) is 0 Å². The van der Waals surface area contributed by atoms with Gasteiger partial charge in [0.05, 0.1) is 5.38 Å². The van der Waals surface area contributed by atoms with Crippen LogP contribution < -0.4 is 0 Å². The topological polar surface area (TPSA) is 0 Å². The fourth-order valence-corrected chi connectivity index (χ4v) is 3.29. The molecule has 0 aliphatic heterocycles. The maximum absolute atomic E-state index is 6.39. The van der Waals surface area contributed by atoms with E-state index in [-0.39, 0.29) is 5.38 Å². The van der Waals surface area contributed by atoms with Crippen molar-refractivity contribution >= 4 is 46.1 Å². The normalized spacial score (nSPS) is 12.8. The molecule has 0 nitrogen and oxygen atoms in total. The average Bonchev–Trinajstić information content (AvgIpc) is 2.64. The van der Waals surface area contributed by atoms with Gasteiger partial charge in [-0.3, -0.25) is 0 Å². The number of rotatable bonds is 2. The van der Waals surface area contributed by atoms with Gasteiger partial charge in [0.25, 0.3) is 0 Å². The van der Waals surface area contributed by atoms with Crippen LogP contribution in [0.1, 0.15) is 20.7 Å². The van der Waals surface area contributed by atoms with Crippen LogP contribution in [0.5, 0.6) is 0 Å². The number of thiophene rings is 1. The summed E-state index contributed by atoms with van der Waals surface area (Å²) in [6, 6.07) is 9.48. The first kappa shape index (κ1) is 12.3. The molecule has 2 rings (SSSR count). The molecule has 1 unspecified atom stereocenters. The Labute approximate surface area is 114 Å². The maximum Gasteiger partial charge on any atom is 0.0942 e. The largest absolute Gasteiger partial charge is 0.144 e. The van der Waals surface area contributed by atoms with E-state index in [1.54, 1.807) is 23.5 Å². The van der Waals surface area contributed by atoms with Crippen molar-refractivity contribution in [1.82, 2.24) is 0 Å². The minimum atomic E-state index is -0.205. The van der Waals surface area contributed by atoms with Crippen molar-refractivity contribution < 1.29 is 0 Å². The molecule has 0 amide bonds. The Morgan fingerprint density at radius 1 is 1.12 bits per heavy atom. The molecule has 0 spiro atoms. The van der Waals surface area contributed by atoms with Crippen LogP contribution in [-0.4, -0.2) is 0 Å². The van der Waals surface area contributed by atoms with Crippen LogP contribution in [0.2, 0.25) is 10.0 Å². The van der Waals surface area contributed by atoms with Crippen LogP contribution in [0.25, 0.3) is 0 Å². The number of aryl methyl sites for hydroxylation is 1. The van der Waals surface area contributed by atoms with Gasteiger partial charge in [0, 0.05) is 19.8 Å². The van der Waals surface area contributed by atoms with Gasteiger partial charge >= 0.3 is 0 Å². The van der Waals surface area contributed by atoms with Crippen molar-refractivity contribution in [2.45, 2.75) is 12.3 Å². The first-order valence-corrected chi connectivity index (χ1v) is 6.74. The second-order valence-corrected chi connectivity index (χ2v) is 6.08. The molecular formula is C12H9Cl3S. The van der Waals surface area contributed by atoms with E-state index in [0.717, 1.165) is 10.4 Å². The molecular weight excluding hydrogens is 283 g/mol. The fraction of sp³-hybridized carbons (Fsp3) is 0.167. The van der Waals surface area contributed by atoms with Gasteiger partial charge in [-0.05, 0) is 36.8 Å². The summed E-state index contributed by atoms with van der Waals surface area (Å²) in [6.07, 6.45) is 0. The van der Waals surface area contributed by atoms with Gasteiger partial charge in [-0.2, -0.15) is 0 Å². The third kappa shape index (κ3) is 2.54. The number of hydrogen-bond acceptors (Lipinski definition) is 1. The summed E-state index contributed by atoms with van der Waals surface area (Å²) in [4.78, 5) is 2.34. The zero-order valence-electron chi connectivity index (χ0n) is 8.51.